The molecule has 0 aliphatic carbocycles. The standard InChI is InChI=1S/C14H24O5/c1-10(11(16)18-6)9-13(2,3)14(4,5)12(17)19-8-7-15/h15H,1,7-9H2,2-6H3. The summed E-state index contributed by atoms with van der Waals surface area (Å²) in [5, 5.41) is 8.68. The molecule has 110 valence electrons. The fraction of sp³-hybridized carbons (Fsp3) is 0.714. The van der Waals surface area contributed by atoms with Gasteiger partial charge in [0.05, 0.1) is 19.1 Å². The van der Waals surface area contributed by atoms with E-state index in [1.54, 1.807) is 13.8 Å². The van der Waals surface area contributed by atoms with Gasteiger partial charge in [0.25, 0.3) is 0 Å². The van der Waals surface area contributed by atoms with Crippen molar-refractivity contribution < 1.29 is 24.2 Å². The van der Waals surface area contributed by atoms with Crippen LogP contribution in [0.5, 0.6) is 0 Å². The van der Waals surface area contributed by atoms with Crippen molar-refractivity contribution in [1.82, 2.24) is 0 Å². The van der Waals surface area contributed by atoms with E-state index in [2.05, 4.69) is 11.3 Å². The highest BCUT2D eigenvalue weighted by atomic mass is 16.5. The molecule has 0 aromatic heterocycles. The van der Waals surface area contributed by atoms with Gasteiger partial charge in [0, 0.05) is 5.57 Å². The average Bonchev–Trinajstić information content (AvgIpc) is 2.33. The van der Waals surface area contributed by atoms with Crippen molar-refractivity contribution in [3.05, 3.63) is 12.2 Å². The highest BCUT2D eigenvalue weighted by Gasteiger charge is 2.45. The van der Waals surface area contributed by atoms with Gasteiger partial charge in [-0.05, 0) is 25.7 Å². The van der Waals surface area contributed by atoms with E-state index >= 15 is 0 Å². The van der Waals surface area contributed by atoms with Crippen LogP contribution in [0.15, 0.2) is 12.2 Å². The Labute approximate surface area is 114 Å². The minimum absolute atomic E-state index is 0.0315. The lowest BCUT2D eigenvalue weighted by molar-refractivity contribution is -0.162. The molecule has 0 saturated carbocycles. The number of rotatable bonds is 7. The second kappa shape index (κ2) is 6.70. The summed E-state index contributed by atoms with van der Waals surface area (Å²) in [6.07, 6.45) is 0.320. The highest BCUT2D eigenvalue weighted by Crippen LogP contribution is 2.44. The zero-order valence-corrected chi connectivity index (χ0v) is 12.4. The van der Waals surface area contributed by atoms with E-state index in [-0.39, 0.29) is 13.2 Å². The zero-order chi connectivity index (χ0) is 15.3. The van der Waals surface area contributed by atoms with E-state index in [0.29, 0.717) is 12.0 Å². The number of aliphatic hydroxyl groups excluding tert-OH is 1. The Bertz CT molecular complexity index is 355. The van der Waals surface area contributed by atoms with Crippen molar-refractivity contribution in [2.75, 3.05) is 20.3 Å². The second-order valence-electron chi connectivity index (χ2n) is 5.64. The molecule has 0 amide bonds. The van der Waals surface area contributed by atoms with Gasteiger partial charge < -0.3 is 14.6 Å². The van der Waals surface area contributed by atoms with Crippen LogP contribution in [0.1, 0.15) is 34.1 Å². The zero-order valence-electron chi connectivity index (χ0n) is 12.4. The number of aliphatic hydroxyl groups is 1. The van der Waals surface area contributed by atoms with Gasteiger partial charge in [0.15, 0.2) is 0 Å². The van der Waals surface area contributed by atoms with Crippen LogP contribution in [0.3, 0.4) is 0 Å². The molecule has 0 bridgehead atoms. The predicted octanol–water partition coefficient (Wildman–Crippen LogP) is 1.69. The van der Waals surface area contributed by atoms with Gasteiger partial charge in [-0.25, -0.2) is 4.79 Å². The molecule has 1 N–H and O–H groups in total. The molecule has 0 fully saturated rings. The van der Waals surface area contributed by atoms with Crippen molar-refractivity contribution in [1.29, 1.82) is 0 Å². The normalized spacial score (nSPS) is 11.9. The molecule has 5 heteroatoms. The lowest BCUT2D eigenvalue weighted by Gasteiger charge is -2.39. The molecule has 0 saturated heterocycles. The van der Waals surface area contributed by atoms with Crippen molar-refractivity contribution in [2.24, 2.45) is 10.8 Å². The number of hydrogen-bond donors (Lipinski definition) is 1. The second-order valence-corrected chi connectivity index (χ2v) is 5.64. The summed E-state index contributed by atoms with van der Waals surface area (Å²) < 4.78 is 9.58. The van der Waals surface area contributed by atoms with Gasteiger partial charge in [-0.15, -0.1) is 0 Å². The number of esters is 2. The van der Waals surface area contributed by atoms with E-state index in [1.807, 2.05) is 13.8 Å². The molecule has 0 aromatic carbocycles. The highest BCUT2D eigenvalue weighted by molar-refractivity contribution is 5.88. The van der Waals surface area contributed by atoms with Crippen molar-refractivity contribution in [3.8, 4) is 0 Å². The van der Waals surface area contributed by atoms with Crippen LogP contribution >= 0.6 is 0 Å². The molecule has 0 spiro atoms. The van der Waals surface area contributed by atoms with E-state index in [0.717, 1.165) is 0 Å². The maximum Gasteiger partial charge on any atom is 0.333 e. The number of ether oxygens (including phenoxy) is 2. The number of methoxy groups -OCH3 is 1. The largest absolute Gasteiger partial charge is 0.466 e. The first kappa shape index (κ1) is 17.6. The summed E-state index contributed by atoms with van der Waals surface area (Å²) in [5.74, 6) is -0.892. The SMILES string of the molecule is C=C(CC(C)(C)C(C)(C)C(=O)OCCO)C(=O)OC. The van der Waals surface area contributed by atoms with Gasteiger partial charge >= 0.3 is 11.9 Å². The molecule has 0 rings (SSSR count). The van der Waals surface area contributed by atoms with Crippen LogP contribution in [0.25, 0.3) is 0 Å². The molecule has 0 aliphatic rings. The third kappa shape index (κ3) is 4.35. The summed E-state index contributed by atoms with van der Waals surface area (Å²) in [5.41, 5.74) is -1.04. The molecule has 0 heterocycles. The van der Waals surface area contributed by atoms with Crippen LogP contribution in [-0.4, -0.2) is 37.4 Å². The van der Waals surface area contributed by atoms with Gasteiger partial charge in [0.1, 0.15) is 6.61 Å². The number of carbonyl (C=O) groups excluding carboxylic acids is 2. The van der Waals surface area contributed by atoms with E-state index in [9.17, 15) is 9.59 Å². The van der Waals surface area contributed by atoms with Crippen LogP contribution in [-0.2, 0) is 19.1 Å². The Morgan fingerprint density at radius 2 is 1.74 bits per heavy atom. The Morgan fingerprint density at radius 1 is 1.21 bits per heavy atom. The van der Waals surface area contributed by atoms with E-state index < -0.39 is 22.8 Å². The molecule has 0 aliphatic heterocycles. The molecule has 19 heavy (non-hydrogen) atoms. The van der Waals surface area contributed by atoms with Crippen molar-refractivity contribution in [2.45, 2.75) is 34.1 Å². The lowest BCUT2D eigenvalue weighted by atomic mass is 9.65. The maximum absolute atomic E-state index is 12.0. The van der Waals surface area contributed by atoms with Gasteiger partial charge in [-0.2, -0.15) is 0 Å². The minimum atomic E-state index is -0.820. The molecule has 0 unspecified atom stereocenters. The average molecular weight is 272 g/mol. The minimum Gasteiger partial charge on any atom is -0.466 e. The Morgan fingerprint density at radius 3 is 2.16 bits per heavy atom. The van der Waals surface area contributed by atoms with Crippen LogP contribution in [0.4, 0.5) is 0 Å². The molecular formula is C14H24O5. The maximum atomic E-state index is 12.0. The lowest BCUT2D eigenvalue weighted by Crippen LogP contribution is -2.41. The monoisotopic (exact) mass is 272 g/mol. The first-order valence-electron chi connectivity index (χ1n) is 6.14. The van der Waals surface area contributed by atoms with Crippen molar-refractivity contribution in [3.63, 3.8) is 0 Å². The summed E-state index contributed by atoms with van der Waals surface area (Å²) in [6.45, 7) is 10.7. The molecule has 0 radical (unpaired) electrons. The topological polar surface area (TPSA) is 72.8 Å². The van der Waals surface area contributed by atoms with Gasteiger partial charge in [-0.1, -0.05) is 20.4 Å². The summed E-state index contributed by atoms with van der Waals surface area (Å²) in [7, 11) is 1.29. The van der Waals surface area contributed by atoms with E-state index in [1.165, 1.54) is 7.11 Å². The third-order valence-electron chi connectivity index (χ3n) is 3.66. The Kier molecular flexibility index (Phi) is 6.22. The van der Waals surface area contributed by atoms with Gasteiger partial charge in [-0.3, -0.25) is 4.79 Å². The quantitative estimate of drug-likeness (QED) is 0.564. The first-order chi connectivity index (χ1) is 8.60. The van der Waals surface area contributed by atoms with Gasteiger partial charge in [0.2, 0.25) is 0 Å². The fourth-order valence-corrected chi connectivity index (χ4v) is 1.57. The summed E-state index contributed by atoms with van der Waals surface area (Å²) >= 11 is 0. The molecule has 5 nitrogen and oxygen atoms in total. The predicted molar refractivity (Wildman–Crippen MR) is 71.4 cm³/mol. The first-order valence-corrected chi connectivity index (χ1v) is 6.14. The Balaban J connectivity index is 4.90. The van der Waals surface area contributed by atoms with Crippen molar-refractivity contribution >= 4 is 11.9 Å². The smallest absolute Gasteiger partial charge is 0.333 e. The Hall–Kier alpha value is -1.36. The fourth-order valence-electron chi connectivity index (χ4n) is 1.57. The molecule has 0 aromatic rings. The van der Waals surface area contributed by atoms with Crippen LogP contribution in [0.2, 0.25) is 0 Å². The van der Waals surface area contributed by atoms with Crippen LogP contribution < -0.4 is 0 Å². The molecular weight excluding hydrogens is 248 g/mol. The summed E-state index contributed by atoms with van der Waals surface area (Å²) in [6, 6.07) is 0. The van der Waals surface area contributed by atoms with Crippen LogP contribution in [0, 0.1) is 10.8 Å². The summed E-state index contributed by atoms with van der Waals surface area (Å²) in [4.78, 5) is 23.4. The number of carbonyl (C=O) groups is 2. The third-order valence-corrected chi connectivity index (χ3v) is 3.66. The number of hydrogen-bond acceptors (Lipinski definition) is 5. The van der Waals surface area contributed by atoms with E-state index in [4.69, 9.17) is 9.84 Å². The molecule has 0 atom stereocenters.